The summed E-state index contributed by atoms with van der Waals surface area (Å²) in [4.78, 5) is 50.8. The van der Waals surface area contributed by atoms with E-state index >= 15 is 0 Å². The molecule has 0 bridgehead atoms. The number of amides is 1. The fraction of sp³-hybridized carbons (Fsp3) is 0.360. The third-order valence-electron chi connectivity index (χ3n) is 5.89. The second kappa shape index (κ2) is 10.6. The first-order valence-electron chi connectivity index (χ1n) is 10.7. The van der Waals surface area contributed by atoms with Crippen LogP contribution in [0.15, 0.2) is 48.5 Å². The number of hydrogen-bond donors (Lipinski definition) is 0. The van der Waals surface area contributed by atoms with E-state index in [1.807, 2.05) is 0 Å². The molecular formula is C25H26ClNO6. The molecule has 2 aromatic rings. The fourth-order valence-electron chi connectivity index (χ4n) is 4.05. The maximum absolute atomic E-state index is 13.1. The van der Waals surface area contributed by atoms with Crippen LogP contribution >= 0.6 is 11.6 Å². The third-order valence-corrected chi connectivity index (χ3v) is 6.22. The number of halogens is 1. The van der Waals surface area contributed by atoms with Gasteiger partial charge in [0.05, 0.1) is 0 Å². The second-order valence-corrected chi connectivity index (χ2v) is 8.36. The van der Waals surface area contributed by atoms with Gasteiger partial charge in [-0.3, -0.25) is 14.4 Å². The largest absolute Gasteiger partial charge is 0.482 e. The number of nitrogens with zero attached hydrogens (tertiary/aromatic N) is 1. The summed E-state index contributed by atoms with van der Waals surface area (Å²) >= 11 is 6.40. The van der Waals surface area contributed by atoms with Crippen LogP contribution in [0, 0.1) is 0 Å². The maximum atomic E-state index is 13.1. The molecule has 1 atom stereocenters. The lowest BCUT2D eigenvalue weighted by molar-refractivity contribution is -0.158. The van der Waals surface area contributed by atoms with Gasteiger partial charge in [-0.1, -0.05) is 29.8 Å². The van der Waals surface area contributed by atoms with Crippen LogP contribution in [0.5, 0.6) is 5.75 Å². The Kier molecular flexibility index (Phi) is 7.87. The lowest BCUT2D eigenvalue weighted by Gasteiger charge is -2.43. The van der Waals surface area contributed by atoms with Crippen molar-refractivity contribution in [2.45, 2.75) is 38.1 Å². The number of Topliss-reactive ketones (excluding diaryl/α,β-unsaturated/α-hetero) is 2. The molecule has 0 spiro atoms. The summed E-state index contributed by atoms with van der Waals surface area (Å²) < 4.78 is 10.4. The molecule has 0 aromatic heterocycles. The molecule has 0 heterocycles. The second-order valence-electron chi connectivity index (χ2n) is 7.95. The zero-order chi connectivity index (χ0) is 24.0. The standard InChI is InChI=1S/C25H26ClNO6/c1-17(28)18-10-12-19(13-11-18)32-16-24(31)33-15-23(30)27(2)25(14-6-5-9-22(25)29)20-7-3-4-8-21(20)26/h3-4,7-8,10-13H,5-6,9,14-16H2,1-2H3. The molecule has 3 rings (SSSR count). The molecule has 0 radical (unpaired) electrons. The van der Waals surface area contributed by atoms with Crippen molar-refractivity contribution in [2.24, 2.45) is 0 Å². The lowest BCUT2D eigenvalue weighted by Crippen LogP contribution is -2.55. The van der Waals surface area contributed by atoms with Crippen LogP contribution in [0.3, 0.4) is 0 Å². The van der Waals surface area contributed by atoms with E-state index in [1.165, 1.54) is 18.9 Å². The van der Waals surface area contributed by atoms with Gasteiger partial charge in [-0.15, -0.1) is 0 Å². The van der Waals surface area contributed by atoms with Gasteiger partial charge in [-0.2, -0.15) is 0 Å². The number of carbonyl (C=O) groups is 4. The average molecular weight is 472 g/mol. The number of carbonyl (C=O) groups excluding carboxylic acids is 4. The third kappa shape index (κ3) is 5.42. The first-order chi connectivity index (χ1) is 15.8. The molecule has 0 aliphatic heterocycles. The number of likely N-dealkylation sites (N-methyl/N-ethyl adjacent to an activating group) is 1. The fourth-order valence-corrected chi connectivity index (χ4v) is 4.34. The quantitative estimate of drug-likeness (QED) is 0.427. The van der Waals surface area contributed by atoms with Crippen molar-refractivity contribution in [1.82, 2.24) is 4.90 Å². The van der Waals surface area contributed by atoms with Crippen LogP contribution in [0.4, 0.5) is 0 Å². The van der Waals surface area contributed by atoms with E-state index in [4.69, 9.17) is 21.1 Å². The molecule has 1 aliphatic rings. The summed E-state index contributed by atoms with van der Waals surface area (Å²) in [5, 5.41) is 0.411. The lowest BCUT2D eigenvalue weighted by atomic mass is 9.74. The highest BCUT2D eigenvalue weighted by Crippen LogP contribution is 2.42. The Labute approximate surface area is 197 Å². The minimum atomic E-state index is -1.19. The predicted molar refractivity (Wildman–Crippen MR) is 122 cm³/mol. The van der Waals surface area contributed by atoms with Gasteiger partial charge in [-0.05, 0) is 56.5 Å². The van der Waals surface area contributed by atoms with Gasteiger partial charge in [0.1, 0.15) is 11.3 Å². The average Bonchev–Trinajstić information content (AvgIpc) is 2.82. The van der Waals surface area contributed by atoms with Crippen molar-refractivity contribution in [3.05, 3.63) is 64.7 Å². The molecule has 33 heavy (non-hydrogen) atoms. The van der Waals surface area contributed by atoms with Gasteiger partial charge in [-0.25, -0.2) is 4.79 Å². The molecule has 1 unspecified atom stereocenters. The molecule has 1 aliphatic carbocycles. The predicted octanol–water partition coefficient (Wildman–Crippen LogP) is 3.96. The molecule has 7 nitrogen and oxygen atoms in total. The number of ketones is 2. The highest BCUT2D eigenvalue weighted by atomic mass is 35.5. The highest BCUT2D eigenvalue weighted by molar-refractivity contribution is 6.31. The van der Waals surface area contributed by atoms with E-state index < -0.39 is 30.6 Å². The van der Waals surface area contributed by atoms with Crippen LogP contribution in [0.2, 0.25) is 5.02 Å². The molecule has 174 valence electrons. The Hall–Kier alpha value is -3.19. The molecule has 8 heteroatoms. The Morgan fingerprint density at radius 3 is 2.36 bits per heavy atom. The first kappa shape index (κ1) is 24.5. The molecule has 1 saturated carbocycles. The minimum Gasteiger partial charge on any atom is -0.482 e. The monoisotopic (exact) mass is 471 g/mol. The van der Waals surface area contributed by atoms with Gasteiger partial charge >= 0.3 is 5.97 Å². The topological polar surface area (TPSA) is 90.0 Å². The summed E-state index contributed by atoms with van der Waals surface area (Å²) in [6.45, 7) is 0.532. The molecule has 1 fully saturated rings. The van der Waals surface area contributed by atoms with Crippen LogP contribution in [0.25, 0.3) is 0 Å². The van der Waals surface area contributed by atoms with E-state index in [0.29, 0.717) is 34.7 Å². The molecular weight excluding hydrogens is 446 g/mol. The van der Waals surface area contributed by atoms with E-state index in [0.717, 1.165) is 12.8 Å². The summed E-state index contributed by atoms with van der Waals surface area (Å²) in [7, 11) is 1.54. The van der Waals surface area contributed by atoms with Crippen molar-refractivity contribution in [1.29, 1.82) is 0 Å². The van der Waals surface area contributed by atoms with Crippen molar-refractivity contribution >= 4 is 35.0 Å². The first-order valence-corrected chi connectivity index (χ1v) is 11.1. The zero-order valence-corrected chi connectivity index (χ0v) is 19.4. The van der Waals surface area contributed by atoms with Gasteiger partial charge < -0.3 is 14.4 Å². The Morgan fingerprint density at radius 2 is 1.73 bits per heavy atom. The van der Waals surface area contributed by atoms with E-state index in [9.17, 15) is 19.2 Å². The van der Waals surface area contributed by atoms with Gasteiger partial charge in [0, 0.05) is 29.6 Å². The number of rotatable bonds is 8. The zero-order valence-electron chi connectivity index (χ0n) is 18.6. The smallest absolute Gasteiger partial charge is 0.344 e. The highest BCUT2D eigenvalue weighted by Gasteiger charge is 2.48. The number of ether oxygens (including phenoxy) is 2. The molecule has 2 aromatic carbocycles. The van der Waals surface area contributed by atoms with Crippen LogP contribution in [-0.2, 0) is 24.7 Å². The Morgan fingerprint density at radius 1 is 1.03 bits per heavy atom. The molecule has 1 amide bonds. The summed E-state index contributed by atoms with van der Waals surface area (Å²) in [5.41, 5.74) is -0.0751. The maximum Gasteiger partial charge on any atom is 0.344 e. The van der Waals surface area contributed by atoms with Gasteiger partial charge in [0.25, 0.3) is 5.91 Å². The summed E-state index contributed by atoms with van der Waals surface area (Å²) in [5.74, 6) is -1.000. The Bertz CT molecular complexity index is 1050. The van der Waals surface area contributed by atoms with Crippen molar-refractivity contribution in [2.75, 3.05) is 20.3 Å². The number of esters is 1. The SMILES string of the molecule is CC(=O)c1ccc(OCC(=O)OCC(=O)N(C)C2(c3ccccc3Cl)CCCCC2=O)cc1. The van der Waals surface area contributed by atoms with Crippen LogP contribution in [0.1, 0.15) is 48.5 Å². The minimum absolute atomic E-state index is 0.0744. The Balaban J connectivity index is 1.63. The normalized spacial score (nSPS) is 17.8. The number of hydrogen-bond acceptors (Lipinski definition) is 6. The summed E-state index contributed by atoms with van der Waals surface area (Å²) in [6.07, 6.45) is 2.32. The van der Waals surface area contributed by atoms with Crippen molar-refractivity contribution in [3.8, 4) is 5.75 Å². The van der Waals surface area contributed by atoms with E-state index in [-0.39, 0.29) is 11.6 Å². The van der Waals surface area contributed by atoms with E-state index in [2.05, 4.69) is 0 Å². The van der Waals surface area contributed by atoms with E-state index in [1.54, 1.807) is 48.5 Å². The van der Waals surface area contributed by atoms with Crippen LogP contribution in [-0.4, -0.2) is 48.6 Å². The van der Waals surface area contributed by atoms with Crippen molar-refractivity contribution in [3.63, 3.8) is 0 Å². The molecule has 0 N–H and O–H groups in total. The summed E-state index contributed by atoms with van der Waals surface area (Å²) in [6, 6.07) is 13.3. The van der Waals surface area contributed by atoms with Crippen molar-refractivity contribution < 1.29 is 28.7 Å². The number of benzene rings is 2. The van der Waals surface area contributed by atoms with Gasteiger partial charge in [0.2, 0.25) is 0 Å². The van der Waals surface area contributed by atoms with Crippen LogP contribution < -0.4 is 4.74 Å². The van der Waals surface area contributed by atoms with Gasteiger partial charge in [0.15, 0.2) is 24.8 Å². The molecule has 0 saturated heterocycles.